The summed E-state index contributed by atoms with van der Waals surface area (Å²) in [7, 11) is 0. The summed E-state index contributed by atoms with van der Waals surface area (Å²) in [6, 6.07) is 4.55. The third kappa shape index (κ3) is 5.91. The van der Waals surface area contributed by atoms with Crippen LogP contribution in [0.25, 0.3) is 6.08 Å². The zero-order chi connectivity index (χ0) is 15.0. The van der Waals surface area contributed by atoms with Crippen LogP contribution in [-0.4, -0.2) is 22.3 Å². The van der Waals surface area contributed by atoms with Gasteiger partial charge in [-0.2, -0.15) is 0 Å². The number of rotatable bonds is 5. The molecule has 0 aliphatic carbocycles. The molecule has 0 fully saturated rings. The summed E-state index contributed by atoms with van der Waals surface area (Å²) >= 11 is 0. The van der Waals surface area contributed by atoms with Gasteiger partial charge in [-0.1, -0.05) is 36.4 Å². The van der Waals surface area contributed by atoms with Crippen LogP contribution in [0.1, 0.15) is 19.4 Å². The molecule has 0 bridgehead atoms. The molecule has 0 aliphatic rings. The van der Waals surface area contributed by atoms with E-state index in [1.807, 2.05) is 0 Å². The van der Waals surface area contributed by atoms with Crippen molar-refractivity contribution in [3.63, 3.8) is 0 Å². The van der Waals surface area contributed by atoms with E-state index in [-0.39, 0.29) is 23.6 Å². The van der Waals surface area contributed by atoms with E-state index >= 15 is 0 Å². The third-order valence-electron chi connectivity index (χ3n) is 2.21. The molecule has 0 aliphatic heterocycles. The highest BCUT2D eigenvalue weighted by molar-refractivity contribution is 5.82. The van der Waals surface area contributed by atoms with Crippen LogP contribution in [0.15, 0.2) is 48.6 Å². The molecule has 0 radical (unpaired) electrons. The first kappa shape index (κ1) is 15.6. The molecule has 106 valence electrons. The fourth-order valence-corrected chi connectivity index (χ4v) is 1.34. The van der Waals surface area contributed by atoms with Crippen molar-refractivity contribution >= 4 is 12.0 Å². The van der Waals surface area contributed by atoms with Crippen LogP contribution in [0.3, 0.4) is 0 Å². The van der Waals surface area contributed by atoms with Crippen LogP contribution in [0.4, 0.5) is 0 Å². The van der Waals surface area contributed by atoms with E-state index in [1.54, 1.807) is 50.3 Å². The van der Waals surface area contributed by atoms with E-state index in [1.165, 1.54) is 18.2 Å². The number of ether oxygens (including phenoxy) is 1. The Morgan fingerprint density at radius 1 is 1.10 bits per heavy atom. The first-order valence-electron chi connectivity index (χ1n) is 6.23. The van der Waals surface area contributed by atoms with Crippen LogP contribution in [0.2, 0.25) is 0 Å². The van der Waals surface area contributed by atoms with Gasteiger partial charge in [0.1, 0.15) is 0 Å². The van der Waals surface area contributed by atoms with Crippen molar-refractivity contribution in [2.24, 2.45) is 0 Å². The lowest BCUT2D eigenvalue weighted by molar-refractivity contribution is -0.141. The van der Waals surface area contributed by atoms with E-state index in [0.29, 0.717) is 0 Å². The van der Waals surface area contributed by atoms with Gasteiger partial charge >= 0.3 is 5.97 Å². The minimum absolute atomic E-state index is 0.127. The minimum atomic E-state index is -0.378. The Bertz CT molecular complexity index is 539. The quantitative estimate of drug-likeness (QED) is 0.374. The van der Waals surface area contributed by atoms with Gasteiger partial charge in [-0.3, -0.25) is 0 Å². The van der Waals surface area contributed by atoms with Crippen molar-refractivity contribution in [3.05, 3.63) is 54.1 Å². The summed E-state index contributed by atoms with van der Waals surface area (Å²) in [4.78, 5) is 11.2. The van der Waals surface area contributed by atoms with Crippen LogP contribution in [0.5, 0.6) is 11.5 Å². The standard InChI is InChI=1S/C16H18O4/c1-12(2)20-16(19)8-6-4-3-5-7-13-9-10-14(17)15(18)11-13/h3-12,17-18H,1-2H3/b4-3+,7-5+,8-6+. The Kier molecular flexibility index (Phi) is 6.10. The summed E-state index contributed by atoms with van der Waals surface area (Å²) < 4.78 is 4.92. The number of carbonyl (C=O) groups excluding carboxylic acids is 1. The molecular formula is C16H18O4. The molecule has 1 aromatic carbocycles. The third-order valence-corrected chi connectivity index (χ3v) is 2.21. The number of hydrogen-bond donors (Lipinski definition) is 2. The van der Waals surface area contributed by atoms with Crippen molar-refractivity contribution in [1.29, 1.82) is 0 Å². The number of allylic oxidation sites excluding steroid dienone is 4. The molecule has 0 saturated heterocycles. The van der Waals surface area contributed by atoms with E-state index < -0.39 is 0 Å². The Morgan fingerprint density at radius 2 is 1.80 bits per heavy atom. The zero-order valence-corrected chi connectivity index (χ0v) is 11.5. The smallest absolute Gasteiger partial charge is 0.330 e. The second kappa shape index (κ2) is 7.84. The van der Waals surface area contributed by atoms with Crippen LogP contribution in [-0.2, 0) is 9.53 Å². The van der Waals surface area contributed by atoms with Gasteiger partial charge in [0.15, 0.2) is 11.5 Å². The first-order valence-corrected chi connectivity index (χ1v) is 6.23. The lowest BCUT2D eigenvalue weighted by Gasteiger charge is -2.03. The SMILES string of the molecule is CC(C)OC(=O)/C=C/C=C/C=C/c1ccc(O)c(O)c1. The van der Waals surface area contributed by atoms with Gasteiger partial charge in [-0.15, -0.1) is 0 Å². The zero-order valence-electron chi connectivity index (χ0n) is 11.5. The van der Waals surface area contributed by atoms with E-state index in [9.17, 15) is 9.90 Å². The number of aromatic hydroxyl groups is 2. The van der Waals surface area contributed by atoms with Gasteiger partial charge in [0.05, 0.1) is 6.10 Å². The topological polar surface area (TPSA) is 66.8 Å². The van der Waals surface area contributed by atoms with Crippen molar-refractivity contribution in [2.75, 3.05) is 0 Å². The number of phenols is 2. The average Bonchev–Trinajstić information content (AvgIpc) is 2.37. The fourth-order valence-electron chi connectivity index (χ4n) is 1.34. The molecule has 4 nitrogen and oxygen atoms in total. The van der Waals surface area contributed by atoms with Gasteiger partial charge < -0.3 is 14.9 Å². The maximum atomic E-state index is 11.2. The van der Waals surface area contributed by atoms with E-state index in [2.05, 4.69) is 0 Å². The number of hydrogen-bond acceptors (Lipinski definition) is 4. The molecule has 20 heavy (non-hydrogen) atoms. The molecular weight excluding hydrogens is 256 g/mol. The normalized spacial score (nSPS) is 11.9. The van der Waals surface area contributed by atoms with Crippen LogP contribution >= 0.6 is 0 Å². The molecule has 0 amide bonds. The Balaban J connectivity index is 2.48. The summed E-state index contributed by atoms with van der Waals surface area (Å²) in [5, 5.41) is 18.5. The number of phenolic OH excluding ortho intramolecular Hbond substituents is 2. The molecule has 0 spiro atoms. The number of esters is 1. The van der Waals surface area contributed by atoms with Crippen molar-refractivity contribution in [3.8, 4) is 11.5 Å². The average molecular weight is 274 g/mol. The second-order valence-electron chi connectivity index (χ2n) is 4.34. The Labute approximate surface area is 118 Å². The maximum Gasteiger partial charge on any atom is 0.330 e. The lowest BCUT2D eigenvalue weighted by atomic mass is 10.2. The summed E-state index contributed by atoms with van der Waals surface area (Å²) in [6.45, 7) is 3.58. The highest BCUT2D eigenvalue weighted by Gasteiger charge is 1.98. The Hall–Kier alpha value is -2.49. The van der Waals surface area contributed by atoms with Crippen molar-refractivity contribution in [1.82, 2.24) is 0 Å². The van der Waals surface area contributed by atoms with Gasteiger partial charge in [0.2, 0.25) is 0 Å². The van der Waals surface area contributed by atoms with Crippen molar-refractivity contribution in [2.45, 2.75) is 20.0 Å². The minimum Gasteiger partial charge on any atom is -0.504 e. The monoisotopic (exact) mass is 274 g/mol. The van der Waals surface area contributed by atoms with Crippen LogP contribution < -0.4 is 0 Å². The molecule has 4 heteroatoms. The first-order chi connectivity index (χ1) is 9.49. The maximum absolute atomic E-state index is 11.2. The highest BCUT2D eigenvalue weighted by Crippen LogP contribution is 2.25. The summed E-state index contributed by atoms with van der Waals surface area (Å²) in [5.41, 5.74) is 0.758. The van der Waals surface area contributed by atoms with Crippen molar-refractivity contribution < 1.29 is 19.7 Å². The Morgan fingerprint density at radius 3 is 2.45 bits per heavy atom. The molecule has 0 unspecified atom stereocenters. The van der Waals surface area contributed by atoms with Gasteiger partial charge in [-0.25, -0.2) is 4.79 Å². The van der Waals surface area contributed by atoms with E-state index in [0.717, 1.165) is 5.56 Å². The van der Waals surface area contributed by atoms with Crippen LogP contribution in [0, 0.1) is 0 Å². The summed E-state index contributed by atoms with van der Waals surface area (Å²) in [6.07, 6.45) is 9.75. The predicted octanol–water partition coefficient (Wildman–Crippen LogP) is 3.18. The molecule has 0 heterocycles. The molecule has 1 aromatic rings. The fraction of sp³-hybridized carbons (Fsp3) is 0.188. The molecule has 1 rings (SSSR count). The summed E-state index contributed by atoms with van der Waals surface area (Å²) in [5.74, 6) is -0.686. The molecule has 0 atom stereocenters. The lowest BCUT2D eigenvalue weighted by Crippen LogP contribution is -2.08. The second-order valence-corrected chi connectivity index (χ2v) is 4.34. The molecule has 0 saturated carbocycles. The van der Waals surface area contributed by atoms with E-state index in [4.69, 9.17) is 9.84 Å². The van der Waals surface area contributed by atoms with Gasteiger partial charge in [-0.05, 0) is 31.5 Å². The molecule has 2 N–H and O–H groups in total. The van der Waals surface area contributed by atoms with Gasteiger partial charge in [0, 0.05) is 6.08 Å². The van der Waals surface area contributed by atoms with Gasteiger partial charge in [0.25, 0.3) is 0 Å². The molecule has 0 aromatic heterocycles. The highest BCUT2D eigenvalue weighted by atomic mass is 16.5. The largest absolute Gasteiger partial charge is 0.504 e. The number of carbonyl (C=O) groups is 1. The number of benzene rings is 1. The predicted molar refractivity (Wildman–Crippen MR) is 78.3 cm³/mol.